The third kappa shape index (κ3) is 9.83. The maximum absolute atomic E-state index is 5.60. The maximum Gasteiger partial charge on any atom is 0.0959 e. The van der Waals surface area contributed by atoms with E-state index in [0.29, 0.717) is 0 Å². The molecule has 0 radical (unpaired) electrons. The van der Waals surface area contributed by atoms with Crippen LogP contribution < -0.4 is 0 Å². The first-order valence-electron chi connectivity index (χ1n) is 33.3. The standard InChI is InChI=1S/C91H64N6/c1-57-37-42-84-72(47-57)73-48-58(2)38-43-85(73)95(84)89-70(67-52-79(62-25-12-6-13-26-62)93-80(53-67)63-27-14-7-15-28-63)56-71(68-54-81(64-29-16-8-17-30-64)94-82(55-68)65-31-18-9-19-32-65)90(96-86-44-39-59(3)49-74(86)75-50-60(4)40-45-87(75)96)91(89)97-83-36-21-20-33-69(83)76-51-66(41-46-88(76)97)78-35-22-34-77(92-78)61-23-10-5-11-24-61/h5-56H,1-4H3. The lowest BCUT2D eigenvalue weighted by Crippen LogP contribution is -2.13. The summed E-state index contributed by atoms with van der Waals surface area (Å²) in [4.78, 5) is 16.6. The van der Waals surface area contributed by atoms with Gasteiger partial charge in [-0.15, -0.1) is 0 Å². The quantitative estimate of drug-likeness (QED) is 0.130. The number of aryl methyl sites for hydroxylation is 4. The van der Waals surface area contributed by atoms with E-state index in [4.69, 9.17) is 15.0 Å². The van der Waals surface area contributed by atoms with Crippen molar-refractivity contribution in [2.24, 2.45) is 0 Å². The normalized spacial score (nSPS) is 11.7. The van der Waals surface area contributed by atoms with Crippen LogP contribution in [0, 0.1) is 27.7 Å². The van der Waals surface area contributed by atoms with Crippen LogP contribution >= 0.6 is 0 Å². The highest BCUT2D eigenvalue weighted by Crippen LogP contribution is 2.52. The first-order chi connectivity index (χ1) is 47.7. The molecule has 12 aromatic carbocycles. The first-order valence-corrected chi connectivity index (χ1v) is 33.3. The zero-order valence-corrected chi connectivity index (χ0v) is 54.2. The monoisotopic (exact) mass is 1240 g/mol. The Bertz CT molecular complexity index is 5630. The number of fused-ring (bicyclic) bond motifs is 9. The van der Waals surface area contributed by atoms with Gasteiger partial charge in [-0.05, 0) is 148 Å². The number of benzene rings is 12. The second-order valence-electron chi connectivity index (χ2n) is 25.8. The molecule has 0 spiro atoms. The van der Waals surface area contributed by atoms with Crippen molar-refractivity contribution < 1.29 is 0 Å². The minimum atomic E-state index is 0.868. The molecule has 0 saturated heterocycles. The molecule has 0 fully saturated rings. The Balaban J connectivity index is 1.10. The lowest BCUT2D eigenvalue weighted by Gasteiger charge is -2.28. The molecule has 0 unspecified atom stereocenters. The van der Waals surface area contributed by atoms with E-state index in [1.54, 1.807) is 0 Å². The molecule has 0 aliphatic rings. The largest absolute Gasteiger partial charge is 0.306 e. The number of nitrogens with zero attached hydrogens (tertiary/aromatic N) is 6. The van der Waals surface area contributed by atoms with Gasteiger partial charge in [0.25, 0.3) is 0 Å². The molecule has 0 aliphatic carbocycles. The van der Waals surface area contributed by atoms with Gasteiger partial charge in [0.2, 0.25) is 0 Å². The van der Waals surface area contributed by atoms with Crippen LogP contribution in [0.4, 0.5) is 0 Å². The highest BCUT2D eigenvalue weighted by molar-refractivity contribution is 6.16. The van der Waals surface area contributed by atoms with Crippen LogP contribution in [0.15, 0.2) is 315 Å². The highest BCUT2D eigenvalue weighted by Gasteiger charge is 2.32. The molecule has 18 rings (SSSR count). The van der Waals surface area contributed by atoms with Crippen LogP contribution in [0.5, 0.6) is 0 Å². The van der Waals surface area contributed by atoms with Crippen molar-refractivity contribution in [1.29, 1.82) is 0 Å². The van der Waals surface area contributed by atoms with Crippen LogP contribution in [-0.2, 0) is 0 Å². The summed E-state index contributed by atoms with van der Waals surface area (Å²) >= 11 is 0. The molecule has 0 aliphatic heterocycles. The minimum Gasteiger partial charge on any atom is -0.306 e. The van der Waals surface area contributed by atoms with Crippen LogP contribution in [0.1, 0.15) is 22.3 Å². The minimum absolute atomic E-state index is 0.868. The van der Waals surface area contributed by atoms with Crippen LogP contribution in [0.3, 0.4) is 0 Å². The molecule has 458 valence electrons. The van der Waals surface area contributed by atoms with E-state index in [0.717, 1.165) is 151 Å². The predicted octanol–water partition coefficient (Wildman–Crippen LogP) is 23.7. The third-order valence-electron chi connectivity index (χ3n) is 19.4. The highest BCUT2D eigenvalue weighted by atomic mass is 15.1. The van der Waals surface area contributed by atoms with Crippen molar-refractivity contribution >= 4 is 65.4 Å². The fraction of sp³-hybridized carbons (Fsp3) is 0.0440. The molecule has 0 bridgehead atoms. The summed E-state index contributed by atoms with van der Waals surface area (Å²) in [6, 6.07) is 115. The number of pyridine rings is 3. The number of para-hydroxylation sites is 1. The third-order valence-corrected chi connectivity index (χ3v) is 19.4. The summed E-state index contributed by atoms with van der Waals surface area (Å²) in [5.74, 6) is 0. The van der Waals surface area contributed by atoms with Crippen molar-refractivity contribution in [3.63, 3.8) is 0 Å². The van der Waals surface area contributed by atoms with Crippen LogP contribution in [-0.4, -0.2) is 28.7 Å². The Labute approximate surface area is 563 Å². The molecule has 0 amide bonds. The van der Waals surface area contributed by atoms with Gasteiger partial charge in [0.05, 0.1) is 84.3 Å². The summed E-state index contributed by atoms with van der Waals surface area (Å²) in [6.45, 7) is 8.85. The van der Waals surface area contributed by atoms with Crippen molar-refractivity contribution in [3.8, 4) is 107 Å². The molecule has 6 heteroatoms. The van der Waals surface area contributed by atoms with Crippen molar-refractivity contribution in [3.05, 3.63) is 338 Å². The molecule has 97 heavy (non-hydrogen) atoms. The first kappa shape index (κ1) is 57.2. The van der Waals surface area contributed by atoms with Gasteiger partial charge in [0.15, 0.2) is 0 Å². The Morgan fingerprint density at radius 3 is 0.856 bits per heavy atom. The van der Waals surface area contributed by atoms with Gasteiger partial charge in [0.1, 0.15) is 0 Å². The van der Waals surface area contributed by atoms with E-state index >= 15 is 0 Å². The van der Waals surface area contributed by atoms with Crippen molar-refractivity contribution in [2.75, 3.05) is 0 Å². The van der Waals surface area contributed by atoms with Crippen molar-refractivity contribution in [2.45, 2.75) is 27.7 Å². The van der Waals surface area contributed by atoms with Gasteiger partial charge in [-0.25, -0.2) is 15.0 Å². The van der Waals surface area contributed by atoms with E-state index in [1.807, 2.05) is 0 Å². The van der Waals surface area contributed by atoms with Gasteiger partial charge in [-0.3, -0.25) is 0 Å². The second-order valence-corrected chi connectivity index (χ2v) is 25.8. The lowest BCUT2D eigenvalue weighted by molar-refractivity contribution is 1.05. The average molecular weight is 1240 g/mol. The topological polar surface area (TPSA) is 53.5 Å². The van der Waals surface area contributed by atoms with Gasteiger partial charge in [0, 0.05) is 76.8 Å². The second kappa shape index (κ2) is 23.2. The fourth-order valence-electron chi connectivity index (χ4n) is 14.9. The summed E-state index contributed by atoms with van der Waals surface area (Å²) in [5.41, 5.74) is 29.8. The molecule has 0 saturated carbocycles. The number of hydrogen-bond acceptors (Lipinski definition) is 3. The fourth-order valence-corrected chi connectivity index (χ4v) is 14.9. The van der Waals surface area contributed by atoms with Crippen LogP contribution in [0.25, 0.3) is 172 Å². The van der Waals surface area contributed by atoms with Crippen molar-refractivity contribution in [1.82, 2.24) is 28.7 Å². The Morgan fingerprint density at radius 1 is 0.186 bits per heavy atom. The molecule has 0 atom stereocenters. The van der Waals surface area contributed by atoms with E-state index in [9.17, 15) is 0 Å². The van der Waals surface area contributed by atoms with E-state index in [2.05, 4.69) is 357 Å². The summed E-state index contributed by atoms with van der Waals surface area (Å²) in [6.07, 6.45) is 0. The van der Waals surface area contributed by atoms with Gasteiger partial charge in [-0.2, -0.15) is 0 Å². The molecular weight excluding hydrogens is 1180 g/mol. The van der Waals surface area contributed by atoms with Gasteiger partial charge >= 0.3 is 0 Å². The molecular formula is C91H64N6. The van der Waals surface area contributed by atoms with E-state index in [1.165, 1.54) is 43.8 Å². The molecule has 0 N–H and O–H groups in total. The molecule has 6 heterocycles. The average Bonchev–Trinajstić information content (AvgIpc) is 1.60. The van der Waals surface area contributed by atoms with E-state index in [-0.39, 0.29) is 0 Å². The SMILES string of the molecule is Cc1ccc2c(c1)c1cc(C)ccc1n2-c1c(-c2cc(-c3ccccc3)nc(-c3ccccc3)c2)cc(-c2cc(-c3ccccc3)nc(-c3ccccc3)c2)c(-n2c3ccc(C)cc3c3cc(C)ccc32)c1-n1c2ccccc2c2cc(-c3cccc(-c4ccccc4)n3)ccc21. The summed E-state index contributed by atoms with van der Waals surface area (Å²) in [5, 5.41) is 6.95. The van der Waals surface area contributed by atoms with Crippen LogP contribution in [0.2, 0.25) is 0 Å². The molecule has 6 aromatic heterocycles. The smallest absolute Gasteiger partial charge is 0.0959 e. The summed E-state index contributed by atoms with van der Waals surface area (Å²) in [7, 11) is 0. The number of hydrogen-bond donors (Lipinski definition) is 0. The predicted molar refractivity (Wildman–Crippen MR) is 405 cm³/mol. The summed E-state index contributed by atoms with van der Waals surface area (Å²) < 4.78 is 7.80. The maximum atomic E-state index is 5.60. The lowest BCUT2D eigenvalue weighted by atomic mass is 9.90. The molecule has 6 nitrogen and oxygen atoms in total. The zero-order valence-electron chi connectivity index (χ0n) is 54.2. The Hall–Kier alpha value is -12.5. The number of aromatic nitrogens is 6. The van der Waals surface area contributed by atoms with Gasteiger partial charge in [-0.1, -0.05) is 229 Å². The zero-order chi connectivity index (χ0) is 64.8. The number of rotatable bonds is 11. The van der Waals surface area contributed by atoms with E-state index < -0.39 is 0 Å². The Morgan fingerprint density at radius 2 is 0.474 bits per heavy atom. The molecule has 18 aromatic rings. The van der Waals surface area contributed by atoms with Gasteiger partial charge < -0.3 is 13.7 Å². The Kier molecular flexibility index (Phi) is 13.7.